The summed E-state index contributed by atoms with van der Waals surface area (Å²) in [5.41, 5.74) is 1.51. The summed E-state index contributed by atoms with van der Waals surface area (Å²) in [5.74, 6) is -0.868. The molecule has 1 aromatic rings. The average Bonchev–Trinajstić information content (AvgIpc) is 2.31. The molecule has 0 aliphatic rings. The van der Waals surface area contributed by atoms with E-state index in [2.05, 4.69) is 19.2 Å². The highest BCUT2D eigenvalue weighted by Crippen LogP contribution is 2.04. The fourth-order valence-electron chi connectivity index (χ4n) is 1.13. The summed E-state index contributed by atoms with van der Waals surface area (Å²) >= 11 is 0. The zero-order valence-corrected chi connectivity index (χ0v) is 10.3. The third kappa shape index (κ3) is 6.19. The fourth-order valence-corrected chi connectivity index (χ4v) is 1.13. The molecule has 2 N–H and O–H groups in total. The van der Waals surface area contributed by atoms with E-state index in [-0.39, 0.29) is 0 Å². The molecule has 0 bridgehead atoms. The molecule has 1 rings (SSSR count). The van der Waals surface area contributed by atoms with Crippen LogP contribution in [-0.4, -0.2) is 24.2 Å². The Morgan fingerprint density at radius 1 is 1.12 bits per heavy atom. The van der Waals surface area contributed by atoms with Gasteiger partial charge >= 0.3 is 5.97 Å². The second-order valence-corrected chi connectivity index (χ2v) is 3.31. The largest absolute Gasteiger partial charge is 0.478 e. The Bertz CT molecular complexity index is 291. The molecule has 0 atom stereocenters. The number of carboxylic acid groups (broad SMARTS) is 1. The van der Waals surface area contributed by atoms with Gasteiger partial charge in [0.05, 0.1) is 5.56 Å². The maximum atomic E-state index is 10.4. The number of aryl methyl sites for hydroxylation is 1. The smallest absolute Gasteiger partial charge is 0.335 e. The Morgan fingerprint density at radius 2 is 1.62 bits per heavy atom. The number of benzene rings is 1. The third-order valence-corrected chi connectivity index (χ3v) is 2.11. The Kier molecular flexibility index (Phi) is 8.17. The minimum absolute atomic E-state index is 0.349. The molecule has 0 heterocycles. The van der Waals surface area contributed by atoms with Crippen LogP contribution in [-0.2, 0) is 6.42 Å². The van der Waals surface area contributed by atoms with E-state index in [9.17, 15) is 4.79 Å². The van der Waals surface area contributed by atoms with Gasteiger partial charge in [-0.15, -0.1) is 0 Å². The van der Waals surface area contributed by atoms with Crippen LogP contribution in [0.25, 0.3) is 0 Å². The number of hydrogen-bond acceptors (Lipinski definition) is 2. The molecule has 0 radical (unpaired) electrons. The van der Waals surface area contributed by atoms with E-state index in [4.69, 9.17) is 5.11 Å². The van der Waals surface area contributed by atoms with Gasteiger partial charge in [0.25, 0.3) is 0 Å². The van der Waals surface area contributed by atoms with E-state index in [1.165, 1.54) is 0 Å². The minimum atomic E-state index is -0.868. The lowest BCUT2D eigenvalue weighted by molar-refractivity contribution is 0.0697. The van der Waals surface area contributed by atoms with Crippen molar-refractivity contribution < 1.29 is 9.90 Å². The quantitative estimate of drug-likeness (QED) is 0.824. The molecule has 0 aliphatic heterocycles. The van der Waals surface area contributed by atoms with Crippen LogP contribution >= 0.6 is 0 Å². The zero-order chi connectivity index (χ0) is 12.4. The molecule has 3 nitrogen and oxygen atoms in total. The van der Waals surface area contributed by atoms with Crippen LogP contribution in [0.4, 0.5) is 0 Å². The standard InChI is InChI=1S/C9H10O2.C4H11N/c1-2-7-3-5-8(6-4-7)9(10)11;1-3-5-4-2/h3-6H,2H2,1H3,(H,10,11);5H,3-4H2,1-2H3. The average molecular weight is 223 g/mol. The summed E-state index contributed by atoms with van der Waals surface area (Å²) < 4.78 is 0. The molecule has 3 heteroatoms. The van der Waals surface area contributed by atoms with Gasteiger partial charge in [-0.1, -0.05) is 32.9 Å². The van der Waals surface area contributed by atoms with Crippen LogP contribution in [0.5, 0.6) is 0 Å². The van der Waals surface area contributed by atoms with Gasteiger partial charge in [-0.2, -0.15) is 0 Å². The van der Waals surface area contributed by atoms with Gasteiger partial charge in [0.1, 0.15) is 0 Å². The van der Waals surface area contributed by atoms with Crippen LogP contribution in [0.1, 0.15) is 36.7 Å². The lowest BCUT2D eigenvalue weighted by atomic mass is 10.1. The molecule has 0 amide bonds. The predicted molar refractivity (Wildman–Crippen MR) is 67.0 cm³/mol. The first-order valence-corrected chi connectivity index (χ1v) is 5.68. The first-order chi connectivity index (χ1) is 7.65. The summed E-state index contributed by atoms with van der Waals surface area (Å²) in [6.07, 6.45) is 0.944. The summed E-state index contributed by atoms with van der Waals surface area (Å²) in [5, 5.41) is 11.7. The lowest BCUT2D eigenvalue weighted by Crippen LogP contribution is -2.09. The van der Waals surface area contributed by atoms with Crippen LogP contribution in [0, 0.1) is 0 Å². The van der Waals surface area contributed by atoms with E-state index < -0.39 is 5.97 Å². The van der Waals surface area contributed by atoms with Crippen molar-refractivity contribution in [1.29, 1.82) is 0 Å². The van der Waals surface area contributed by atoms with E-state index in [1.54, 1.807) is 12.1 Å². The topological polar surface area (TPSA) is 49.3 Å². The van der Waals surface area contributed by atoms with Crippen molar-refractivity contribution in [2.24, 2.45) is 0 Å². The Morgan fingerprint density at radius 3 is 1.88 bits per heavy atom. The Balaban J connectivity index is 0.000000385. The van der Waals surface area contributed by atoms with Gasteiger partial charge in [0.15, 0.2) is 0 Å². The number of nitrogens with one attached hydrogen (secondary N) is 1. The highest BCUT2D eigenvalue weighted by Gasteiger charge is 1.99. The van der Waals surface area contributed by atoms with Gasteiger partial charge in [-0.05, 0) is 37.2 Å². The van der Waals surface area contributed by atoms with Gasteiger partial charge in [-0.25, -0.2) is 4.79 Å². The molecule has 0 aliphatic carbocycles. The SMILES string of the molecule is CCNCC.CCc1ccc(C(=O)O)cc1. The zero-order valence-electron chi connectivity index (χ0n) is 10.3. The van der Waals surface area contributed by atoms with Crippen LogP contribution in [0.2, 0.25) is 0 Å². The number of carboxylic acids is 1. The van der Waals surface area contributed by atoms with E-state index in [1.807, 2.05) is 19.1 Å². The highest BCUT2D eigenvalue weighted by atomic mass is 16.4. The van der Waals surface area contributed by atoms with Gasteiger partial charge in [-0.3, -0.25) is 0 Å². The van der Waals surface area contributed by atoms with Crippen LogP contribution in [0.3, 0.4) is 0 Å². The molecule has 1 aromatic carbocycles. The molecule has 0 saturated heterocycles. The third-order valence-electron chi connectivity index (χ3n) is 2.11. The van der Waals surface area contributed by atoms with Gasteiger partial charge in [0.2, 0.25) is 0 Å². The maximum absolute atomic E-state index is 10.4. The van der Waals surface area contributed by atoms with Crippen molar-refractivity contribution in [3.8, 4) is 0 Å². The van der Waals surface area contributed by atoms with E-state index in [0.717, 1.165) is 25.1 Å². The van der Waals surface area contributed by atoms with Crippen molar-refractivity contribution in [1.82, 2.24) is 5.32 Å². The summed E-state index contributed by atoms with van der Waals surface area (Å²) in [6.45, 7) is 8.43. The normalized spacial score (nSPS) is 9.19. The molecule has 0 unspecified atom stereocenters. The molecule has 0 aromatic heterocycles. The predicted octanol–water partition coefficient (Wildman–Crippen LogP) is 2.56. The van der Waals surface area contributed by atoms with Crippen molar-refractivity contribution >= 4 is 5.97 Å². The number of carbonyl (C=O) groups is 1. The number of hydrogen-bond donors (Lipinski definition) is 2. The first kappa shape index (κ1) is 14.6. The molecular weight excluding hydrogens is 202 g/mol. The highest BCUT2D eigenvalue weighted by molar-refractivity contribution is 5.87. The molecular formula is C13H21NO2. The second kappa shape index (κ2) is 8.92. The van der Waals surface area contributed by atoms with Crippen molar-refractivity contribution in [3.05, 3.63) is 35.4 Å². The number of aromatic carboxylic acids is 1. The lowest BCUT2D eigenvalue weighted by Gasteiger charge is -1.96. The summed E-state index contributed by atoms with van der Waals surface area (Å²) in [7, 11) is 0. The monoisotopic (exact) mass is 223 g/mol. The van der Waals surface area contributed by atoms with Crippen LogP contribution < -0.4 is 5.32 Å². The molecule has 0 spiro atoms. The molecule has 0 fully saturated rings. The number of rotatable bonds is 4. The van der Waals surface area contributed by atoms with Crippen LogP contribution in [0.15, 0.2) is 24.3 Å². The molecule has 16 heavy (non-hydrogen) atoms. The molecule has 90 valence electrons. The molecule has 0 saturated carbocycles. The Labute approximate surface area is 97.5 Å². The van der Waals surface area contributed by atoms with E-state index in [0.29, 0.717) is 5.56 Å². The fraction of sp³-hybridized carbons (Fsp3) is 0.462. The second-order valence-electron chi connectivity index (χ2n) is 3.31. The summed E-state index contributed by atoms with van der Waals surface area (Å²) in [4.78, 5) is 10.4. The maximum Gasteiger partial charge on any atom is 0.335 e. The van der Waals surface area contributed by atoms with Crippen molar-refractivity contribution in [2.45, 2.75) is 27.2 Å². The van der Waals surface area contributed by atoms with Crippen molar-refractivity contribution in [2.75, 3.05) is 13.1 Å². The first-order valence-electron chi connectivity index (χ1n) is 5.68. The van der Waals surface area contributed by atoms with E-state index >= 15 is 0 Å². The minimum Gasteiger partial charge on any atom is -0.478 e. The van der Waals surface area contributed by atoms with Gasteiger partial charge in [0, 0.05) is 0 Å². The summed E-state index contributed by atoms with van der Waals surface area (Å²) in [6, 6.07) is 6.93. The van der Waals surface area contributed by atoms with Crippen molar-refractivity contribution in [3.63, 3.8) is 0 Å². The Hall–Kier alpha value is -1.35. The van der Waals surface area contributed by atoms with Gasteiger partial charge < -0.3 is 10.4 Å².